The van der Waals surface area contributed by atoms with Crippen LogP contribution >= 0.6 is 0 Å². The molecular formula is C24H27N3O3. The van der Waals surface area contributed by atoms with Gasteiger partial charge in [-0.15, -0.1) is 0 Å². The first-order valence-corrected chi connectivity index (χ1v) is 10.0. The van der Waals surface area contributed by atoms with Crippen LogP contribution in [0.15, 0.2) is 60.3 Å². The van der Waals surface area contributed by atoms with Gasteiger partial charge in [-0.05, 0) is 36.1 Å². The minimum absolute atomic E-state index is 0.109. The van der Waals surface area contributed by atoms with E-state index in [9.17, 15) is 14.9 Å². The van der Waals surface area contributed by atoms with Gasteiger partial charge in [0.2, 0.25) is 0 Å². The van der Waals surface area contributed by atoms with Gasteiger partial charge in [0.05, 0.1) is 17.9 Å². The highest BCUT2D eigenvalue weighted by molar-refractivity contribution is 6.09. The molecule has 0 saturated heterocycles. The number of hydrogen-bond donors (Lipinski definition) is 2. The van der Waals surface area contributed by atoms with Gasteiger partial charge in [0.15, 0.2) is 0 Å². The Hall–Kier alpha value is -3.59. The predicted octanol–water partition coefficient (Wildman–Crippen LogP) is 5.22. The summed E-state index contributed by atoms with van der Waals surface area (Å²) in [6, 6.07) is 16.2. The monoisotopic (exact) mass is 405 g/mol. The molecule has 0 saturated carbocycles. The molecule has 0 atom stereocenters. The van der Waals surface area contributed by atoms with Gasteiger partial charge >= 0.3 is 5.97 Å². The van der Waals surface area contributed by atoms with E-state index in [1.807, 2.05) is 37.3 Å². The van der Waals surface area contributed by atoms with Crippen LogP contribution in [0.4, 0.5) is 11.4 Å². The van der Waals surface area contributed by atoms with Gasteiger partial charge in [0.1, 0.15) is 11.6 Å². The topological polar surface area (TPSA) is 91.2 Å². The average molecular weight is 405 g/mol. The van der Waals surface area contributed by atoms with Crippen LogP contribution in [0.25, 0.3) is 0 Å². The first-order chi connectivity index (χ1) is 14.5. The minimum atomic E-state index is -0.610. The van der Waals surface area contributed by atoms with Gasteiger partial charge in [-0.25, -0.2) is 4.79 Å². The van der Waals surface area contributed by atoms with Gasteiger partial charge in [-0.1, -0.05) is 57.5 Å². The highest BCUT2D eigenvalue weighted by atomic mass is 16.5. The highest BCUT2D eigenvalue weighted by Crippen LogP contribution is 2.24. The molecule has 2 rings (SSSR count). The van der Waals surface area contributed by atoms with Gasteiger partial charge in [0, 0.05) is 11.9 Å². The Morgan fingerprint density at radius 3 is 2.43 bits per heavy atom. The molecule has 1 amide bonds. The summed E-state index contributed by atoms with van der Waals surface area (Å²) in [6.45, 7) is 6.46. The summed E-state index contributed by atoms with van der Waals surface area (Å²) in [7, 11) is 0. The zero-order valence-corrected chi connectivity index (χ0v) is 17.6. The van der Waals surface area contributed by atoms with E-state index in [2.05, 4.69) is 24.5 Å². The molecule has 2 N–H and O–H groups in total. The molecule has 0 bridgehead atoms. The molecule has 0 spiro atoms. The lowest BCUT2D eigenvalue weighted by Crippen LogP contribution is -2.18. The van der Waals surface area contributed by atoms with Crippen molar-refractivity contribution in [3.8, 4) is 6.07 Å². The van der Waals surface area contributed by atoms with Crippen molar-refractivity contribution in [1.82, 2.24) is 0 Å². The first kappa shape index (κ1) is 22.7. The van der Waals surface area contributed by atoms with Crippen LogP contribution in [0.5, 0.6) is 0 Å². The SMILES string of the molecule is CCCCOC(=O)c1ccccc1NC(=O)/C(C#N)=C\Nc1ccccc1C(C)C. The largest absolute Gasteiger partial charge is 0.462 e. The molecule has 0 unspecified atom stereocenters. The number of ether oxygens (including phenoxy) is 1. The molecule has 0 aromatic heterocycles. The minimum Gasteiger partial charge on any atom is -0.462 e. The number of rotatable bonds is 9. The van der Waals surface area contributed by atoms with E-state index in [0.29, 0.717) is 12.3 Å². The summed E-state index contributed by atoms with van der Waals surface area (Å²) in [6.07, 6.45) is 3.05. The summed E-state index contributed by atoms with van der Waals surface area (Å²) < 4.78 is 5.24. The molecule has 0 aliphatic carbocycles. The third-order valence-electron chi connectivity index (χ3n) is 4.45. The van der Waals surface area contributed by atoms with E-state index in [1.165, 1.54) is 6.20 Å². The summed E-state index contributed by atoms with van der Waals surface area (Å²) in [5, 5.41) is 15.1. The number of hydrogen-bond acceptors (Lipinski definition) is 5. The van der Waals surface area contributed by atoms with Gasteiger partial charge in [-0.3, -0.25) is 4.79 Å². The summed E-state index contributed by atoms with van der Waals surface area (Å²) in [4.78, 5) is 24.9. The van der Waals surface area contributed by atoms with Crippen LogP contribution in [-0.4, -0.2) is 18.5 Å². The zero-order chi connectivity index (χ0) is 21.9. The van der Waals surface area contributed by atoms with Crippen molar-refractivity contribution in [1.29, 1.82) is 5.26 Å². The van der Waals surface area contributed by atoms with Crippen molar-refractivity contribution in [2.75, 3.05) is 17.2 Å². The van der Waals surface area contributed by atoms with Crippen molar-refractivity contribution in [3.63, 3.8) is 0 Å². The Morgan fingerprint density at radius 1 is 1.10 bits per heavy atom. The Bertz CT molecular complexity index is 958. The molecule has 156 valence electrons. The molecule has 6 heteroatoms. The molecular weight excluding hydrogens is 378 g/mol. The van der Waals surface area contributed by atoms with Gasteiger partial charge in [0.25, 0.3) is 5.91 Å². The molecule has 0 aliphatic rings. The second kappa shape index (κ2) is 11.4. The normalized spacial score (nSPS) is 11.0. The fraction of sp³-hybridized carbons (Fsp3) is 0.292. The molecule has 0 heterocycles. The number of esters is 1. The summed E-state index contributed by atoms with van der Waals surface area (Å²) in [5.41, 5.74) is 2.34. The number of nitrogens with zero attached hydrogens (tertiary/aromatic N) is 1. The average Bonchev–Trinajstić information content (AvgIpc) is 2.74. The number of unbranched alkanes of at least 4 members (excludes halogenated alkanes) is 1. The standard InChI is InChI=1S/C24H27N3O3/c1-4-5-14-30-24(29)20-11-7-9-13-22(20)27-23(28)18(15-25)16-26-21-12-8-6-10-19(21)17(2)3/h6-13,16-17,26H,4-5,14H2,1-3H3,(H,27,28)/b18-16-. The first-order valence-electron chi connectivity index (χ1n) is 10.0. The predicted molar refractivity (Wildman–Crippen MR) is 118 cm³/mol. The molecule has 0 fully saturated rings. The van der Waals surface area contributed by atoms with Crippen LogP contribution in [0.1, 0.15) is 55.5 Å². The number of nitrogens with one attached hydrogen (secondary N) is 2. The number of carbonyl (C=O) groups excluding carboxylic acids is 2. The van der Waals surface area contributed by atoms with Gasteiger partial charge in [-0.2, -0.15) is 5.26 Å². The zero-order valence-electron chi connectivity index (χ0n) is 17.6. The highest BCUT2D eigenvalue weighted by Gasteiger charge is 2.16. The number of carbonyl (C=O) groups is 2. The van der Waals surface area contributed by atoms with E-state index in [4.69, 9.17) is 4.74 Å². The maximum absolute atomic E-state index is 12.6. The second-order valence-electron chi connectivity index (χ2n) is 7.05. The smallest absolute Gasteiger partial charge is 0.340 e. The Kier molecular flexibility index (Phi) is 8.64. The fourth-order valence-electron chi connectivity index (χ4n) is 2.78. The van der Waals surface area contributed by atoms with Crippen molar-refractivity contribution in [2.45, 2.75) is 39.5 Å². The van der Waals surface area contributed by atoms with E-state index < -0.39 is 11.9 Å². The number of amides is 1. The fourth-order valence-corrected chi connectivity index (χ4v) is 2.78. The van der Waals surface area contributed by atoms with E-state index in [0.717, 1.165) is 24.1 Å². The van der Waals surface area contributed by atoms with E-state index in [1.54, 1.807) is 24.3 Å². The third-order valence-corrected chi connectivity index (χ3v) is 4.45. The molecule has 2 aromatic carbocycles. The Balaban J connectivity index is 2.16. The Labute approximate surface area is 177 Å². The molecule has 0 radical (unpaired) electrons. The van der Waals surface area contributed by atoms with Crippen LogP contribution in [0.3, 0.4) is 0 Å². The van der Waals surface area contributed by atoms with Gasteiger partial charge < -0.3 is 15.4 Å². The maximum atomic E-state index is 12.6. The number of nitriles is 1. The van der Waals surface area contributed by atoms with Crippen molar-refractivity contribution < 1.29 is 14.3 Å². The molecule has 0 aliphatic heterocycles. The van der Waals surface area contributed by atoms with E-state index in [-0.39, 0.29) is 17.1 Å². The lowest BCUT2D eigenvalue weighted by Gasteiger charge is -2.13. The lowest BCUT2D eigenvalue weighted by atomic mass is 10.0. The summed E-state index contributed by atoms with van der Waals surface area (Å²) >= 11 is 0. The third kappa shape index (κ3) is 6.21. The van der Waals surface area contributed by atoms with Crippen LogP contribution in [0.2, 0.25) is 0 Å². The number of para-hydroxylation sites is 2. The summed E-state index contributed by atoms with van der Waals surface area (Å²) in [5.74, 6) is -0.835. The van der Waals surface area contributed by atoms with E-state index >= 15 is 0 Å². The lowest BCUT2D eigenvalue weighted by molar-refractivity contribution is -0.112. The number of benzene rings is 2. The maximum Gasteiger partial charge on any atom is 0.340 e. The van der Waals surface area contributed by atoms with Crippen LogP contribution in [-0.2, 0) is 9.53 Å². The molecule has 6 nitrogen and oxygen atoms in total. The quantitative estimate of drug-likeness (QED) is 0.258. The van der Waals surface area contributed by atoms with Crippen molar-refractivity contribution in [2.24, 2.45) is 0 Å². The van der Waals surface area contributed by atoms with Crippen LogP contribution in [0, 0.1) is 11.3 Å². The number of anilines is 2. The van der Waals surface area contributed by atoms with Crippen molar-refractivity contribution >= 4 is 23.3 Å². The second-order valence-corrected chi connectivity index (χ2v) is 7.05. The Morgan fingerprint density at radius 2 is 1.77 bits per heavy atom. The van der Waals surface area contributed by atoms with Crippen molar-refractivity contribution in [3.05, 3.63) is 71.4 Å². The molecule has 2 aromatic rings. The molecule has 30 heavy (non-hydrogen) atoms. The van der Waals surface area contributed by atoms with Crippen LogP contribution < -0.4 is 10.6 Å².